The van der Waals surface area contributed by atoms with E-state index in [-0.39, 0.29) is 0 Å². The van der Waals surface area contributed by atoms with Gasteiger partial charge in [0.2, 0.25) is 0 Å². The first-order valence-corrected chi connectivity index (χ1v) is 6.42. The standard InChI is InChI=1S/C13H12F6O7/c1-7(12(14,15)16)9(20)23-3-5-25-11(22)26-6-4-24-10(21)8(2)13(17,18)19/h1-6H2. The second kappa shape index (κ2) is 9.68. The molecule has 0 rings (SSSR count). The van der Waals surface area contributed by atoms with Crippen molar-refractivity contribution in [3.05, 3.63) is 24.3 Å². The molecule has 0 saturated heterocycles. The van der Waals surface area contributed by atoms with E-state index in [1.807, 2.05) is 0 Å². The van der Waals surface area contributed by atoms with Gasteiger partial charge in [-0.3, -0.25) is 0 Å². The minimum atomic E-state index is -4.97. The van der Waals surface area contributed by atoms with Crippen molar-refractivity contribution < 1.29 is 59.7 Å². The fourth-order valence-electron chi connectivity index (χ4n) is 0.966. The molecule has 26 heavy (non-hydrogen) atoms. The van der Waals surface area contributed by atoms with E-state index in [1.54, 1.807) is 0 Å². The molecule has 13 heteroatoms. The van der Waals surface area contributed by atoms with Crippen molar-refractivity contribution in [3.63, 3.8) is 0 Å². The highest BCUT2D eigenvalue weighted by Crippen LogP contribution is 2.25. The van der Waals surface area contributed by atoms with E-state index in [0.29, 0.717) is 0 Å². The van der Waals surface area contributed by atoms with Crippen LogP contribution < -0.4 is 0 Å². The summed E-state index contributed by atoms with van der Waals surface area (Å²) < 4.78 is 89.2. The molecule has 148 valence electrons. The molecule has 0 aliphatic rings. The van der Waals surface area contributed by atoms with Crippen LogP contribution in [0, 0.1) is 0 Å². The van der Waals surface area contributed by atoms with Gasteiger partial charge in [0.25, 0.3) is 0 Å². The van der Waals surface area contributed by atoms with Crippen molar-refractivity contribution in [1.82, 2.24) is 0 Å². The summed E-state index contributed by atoms with van der Waals surface area (Å²) in [6.07, 6.45) is -11.3. The number of ether oxygens (including phenoxy) is 4. The minimum absolute atomic E-state index is 0.666. The van der Waals surface area contributed by atoms with E-state index in [2.05, 4.69) is 32.1 Å². The molecule has 0 unspecified atom stereocenters. The summed E-state index contributed by atoms with van der Waals surface area (Å²) in [7, 11) is 0. The fourth-order valence-corrected chi connectivity index (χ4v) is 0.966. The topological polar surface area (TPSA) is 88.1 Å². The van der Waals surface area contributed by atoms with E-state index in [4.69, 9.17) is 0 Å². The van der Waals surface area contributed by atoms with Crippen molar-refractivity contribution in [2.45, 2.75) is 12.4 Å². The summed E-state index contributed by atoms with van der Waals surface area (Å²) in [6.45, 7) is 2.16. The number of esters is 2. The molecule has 0 bridgehead atoms. The highest BCUT2D eigenvalue weighted by atomic mass is 19.4. The average Bonchev–Trinajstić information content (AvgIpc) is 2.51. The number of carbonyl (C=O) groups excluding carboxylic acids is 3. The van der Waals surface area contributed by atoms with Gasteiger partial charge in [0.15, 0.2) is 0 Å². The van der Waals surface area contributed by atoms with E-state index in [1.165, 1.54) is 0 Å². The van der Waals surface area contributed by atoms with Gasteiger partial charge in [-0.15, -0.1) is 0 Å². The van der Waals surface area contributed by atoms with E-state index in [0.717, 1.165) is 0 Å². The van der Waals surface area contributed by atoms with Crippen LogP contribution in [0.5, 0.6) is 0 Å². The van der Waals surface area contributed by atoms with E-state index < -0.39 is 68.0 Å². The Balaban J connectivity index is 3.89. The van der Waals surface area contributed by atoms with Gasteiger partial charge in [0, 0.05) is 0 Å². The predicted octanol–water partition coefficient (Wildman–Crippen LogP) is 2.46. The van der Waals surface area contributed by atoms with Crippen molar-refractivity contribution in [1.29, 1.82) is 0 Å². The first-order valence-electron chi connectivity index (χ1n) is 6.42. The molecule has 0 N–H and O–H groups in total. The van der Waals surface area contributed by atoms with Gasteiger partial charge >= 0.3 is 30.4 Å². The van der Waals surface area contributed by atoms with Crippen LogP contribution >= 0.6 is 0 Å². The molecule has 0 aromatic carbocycles. The van der Waals surface area contributed by atoms with Crippen molar-refractivity contribution in [2.24, 2.45) is 0 Å². The molecular weight excluding hydrogens is 382 g/mol. The summed E-state index contributed by atoms with van der Waals surface area (Å²) >= 11 is 0. The summed E-state index contributed by atoms with van der Waals surface area (Å²) in [4.78, 5) is 32.8. The number of carbonyl (C=O) groups is 3. The lowest BCUT2D eigenvalue weighted by molar-refractivity contribution is -0.152. The van der Waals surface area contributed by atoms with Crippen molar-refractivity contribution in [3.8, 4) is 0 Å². The monoisotopic (exact) mass is 394 g/mol. The second-order valence-corrected chi connectivity index (χ2v) is 4.17. The molecule has 0 fully saturated rings. The molecule has 0 aliphatic heterocycles. The number of halogens is 6. The van der Waals surface area contributed by atoms with E-state index in [9.17, 15) is 40.7 Å². The zero-order valence-electron chi connectivity index (χ0n) is 12.9. The Morgan fingerprint density at radius 2 is 0.885 bits per heavy atom. The minimum Gasteiger partial charge on any atom is -0.458 e. The maximum Gasteiger partial charge on any atom is 0.508 e. The quantitative estimate of drug-likeness (QED) is 0.205. The SMILES string of the molecule is C=C(C(=O)OCCOC(=O)OCCOC(=O)C(=C)C(F)(F)F)C(F)(F)F. The van der Waals surface area contributed by atoms with Crippen LogP contribution in [0.25, 0.3) is 0 Å². The normalized spacial score (nSPS) is 11.3. The Labute approximate surface area is 142 Å². The Kier molecular flexibility index (Phi) is 8.66. The van der Waals surface area contributed by atoms with Crippen LogP contribution in [-0.4, -0.2) is 56.9 Å². The molecule has 0 saturated carbocycles. The van der Waals surface area contributed by atoms with Gasteiger partial charge in [-0.2, -0.15) is 26.3 Å². The predicted molar refractivity (Wildman–Crippen MR) is 69.6 cm³/mol. The number of alkyl halides is 6. The molecular formula is C13H12F6O7. The summed E-state index contributed by atoms with van der Waals surface area (Å²) in [5.41, 5.74) is -3.50. The zero-order chi connectivity index (χ0) is 20.5. The van der Waals surface area contributed by atoms with Gasteiger partial charge in [-0.05, 0) is 0 Å². The second-order valence-electron chi connectivity index (χ2n) is 4.17. The molecule has 0 amide bonds. The third-order valence-electron chi connectivity index (χ3n) is 2.25. The molecule has 0 radical (unpaired) electrons. The Morgan fingerprint density at radius 1 is 0.615 bits per heavy atom. The largest absolute Gasteiger partial charge is 0.508 e. The van der Waals surface area contributed by atoms with Gasteiger partial charge < -0.3 is 18.9 Å². The Bertz CT molecular complexity index is 516. The smallest absolute Gasteiger partial charge is 0.458 e. The lowest BCUT2D eigenvalue weighted by atomic mass is 10.3. The van der Waals surface area contributed by atoms with Gasteiger partial charge in [0.1, 0.15) is 37.6 Å². The third-order valence-corrected chi connectivity index (χ3v) is 2.25. The summed E-state index contributed by atoms with van der Waals surface area (Å²) in [5.74, 6) is -3.52. The van der Waals surface area contributed by atoms with Crippen LogP contribution in [-0.2, 0) is 28.5 Å². The number of hydrogen-bond donors (Lipinski definition) is 0. The number of hydrogen-bond acceptors (Lipinski definition) is 7. The van der Waals surface area contributed by atoms with Crippen LogP contribution in [0.2, 0.25) is 0 Å². The highest BCUT2D eigenvalue weighted by molar-refractivity contribution is 5.89. The first-order chi connectivity index (χ1) is 11.8. The number of rotatable bonds is 8. The van der Waals surface area contributed by atoms with Crippen LogP contribution in [0.3, 0.4) is 0 Å². The molecule has 0 aromatic rings. The van der Waals surface area contributed by atoms with Gasteiger partial charge in [-0.1, -0.05) is 13.2 Å². The van der Waals surface area contributed by atoms with Crippen LogP contribution in [0.15, 0.2) is 24.3 Å². The van der Waals surface area contributed by atoms with Crippen LogP contribution in [0.1, 0.15) is 0 Å². The maximum atomic E-state index is 12.1. The average molecular weight is 394 g/mol. The lowest BCUT2D eigenvalue weighted by Crippen LogP contribution is -2.24. The summed E-state index contributed by atoms with van der Waals surface area (Å²) in [6, 6.07) is 0. The molecule has 7 nitrogen and oxygen atoms in total. The summed E-state index contributed by atoms with van der Waals surface area (Å²) in [5, 5.41) is 0. The van der Waals surface area contributed by atoms with Gasteiger partial charge in [-0.25, -0.2) is 14.4 Å². The van der Waals surface area contributed by atoms with Crippen LogP contribution in [0.4, 0.5) is 31.1 Å². The molecule has 0 heterocycles. The molecule has 0 atom stereocenters. The Hall–Kier alpha value is -2.73. The third kappa shape index (κ3) is 8.94. The molecule has 0 spiro atoms. The van der Waals surface area contributed by atoms with Crippen molar-refractivity contribution in [2.75, 3.05) is 26.4 Å². The van der Waals surface area contributed by atoms with Gasteiger partial charge in [0.05, 0.1) is 0 Å². The maximum absolute atomic E-state index is 12.1. The van der Waals surface area contributed by atoms with Crippen molar-refractivity contribution >= 4 is 18.1 Å². The lowest BCUT2D eigenvalue weighted by Gasteiger charge is -2.11. The van der Waals surface area contributed by atoms with E-state index >= 15 is 0 Å². The first kappa shape index (κ1) is 23.3. The molecule has 0 aliphatic carbocycles. The highest BCUT2D eigenvalue weighted by Gasteiger charge is 2.38. The molecule has 0 aromatic heterocycles. The fraction of sp³-hybridized carbons (Fsp3) is 0.462. The Morgan fingerprint density at radius 3 is 1.15 bits per heavy atom. The zero-order valence-corrected chi connectivity index (χ0v) is 12.9.